The number of nitrogens with two attached hydrogens (primary N) is 1. The van der Waals surface area contributed by atoms with Gasteiger partial charge in [-0.2, -0.15) is 0 Å². The fourth-order valence-corrected chi connectivity index (χ4v) is 2.02. The molecule has 1 aliphatic heterocycles. The van der Waals surface area contributed by atoms with E-state index >= 15 is 0 Å². The number of carbonyl (C=O) groups excluding carboxylic acids is 1. The molecule has 3 rings (SSSR count). The first-order valence-electron chi connectivity index (χ1n) is 5.67. The van der Waals surface area contributed by atoms with E-state index in [0.717, 1.165) is 22.8 Å². The van der Waals surface area contributed by atoms with Gasteiger partial charge in [0.25, 0.3) is 0 Å². The van der Waals surface area contributed by atoms with Crippen molar-refractivity contribution in [3.63, 3.8) is 0 Å². The highest BCUT2D eigenvalue weighted by Gasteiger charge is 2.19. The Bertz CT molecular complexity index is 591. The second-order valence-corrected chi connectivity index (χ2v) is 4.21. The number of carbonyl (C=O) groups is 1. The van der Waals surface area contributed by atoms with Crippen molar-refractivity contribution in [1.29, 1.82) is 0 Å². The second-order valence-electron chi connectivity index (χ2n) is 4.21. The van der Waals surface area contributed by atoms with Crippen LogP contribution in [0.25, 0.3) is 0 Å². The van der Waals surface area contributed by atoms with Crippen molar-refractivity contribution < 1.29 is 4.79 Å². The summed E-state index contributed by atoms with van der Waals surface area (Å²) in [4.78, 5) is 18.4. The number of benzene rings is 1. The van der Waals surface area contributed by atoms with E-state index in [0.29, 0.717) is 18.7 Å². The lowest BCUT2D eigenvalue weighted by Crippen LogP contribution is -2.05. The highest BCUT2D eigenvalue weighted by atomic mass is 16.1. The lowest BCUT2D eigenvalue weighted by Gasteiger charge is -2.10. The lowest BCUT2D eigenvalue weighted by atomic mass is 10.1. The Hall–Kier alpha value is -2.50. The molecule has 2 aromatic rings. The van der Waals surface area contributed by atoms with Crippen molar-refractivity contribution in [3.8, 4) is 0 Å². The largest absolute Gasteiger partial charge is 0.397 e. The number of aromatic amines is 1. The molecule has 2 heterocycles. The van der Waals surface area contributed by atoms with E-state index in [4.69, 9.17) is 5.73 Å². The molecule has 6 nitrogen and oxygen atoms in total. The third-order valence-corrected chi connectivity index (χ3v) is 2.90. The van der Waals surface area contributed by atoms with E-state index in [1.165, 1.54) is 0 Å². The van der Waals surface area contributed by atoms with Gasteiger partial charge in [-0.15, -0.1) is 0 Å². The van der Waals surface area contributed by atoms with E-state index in [1.807, 2.05) is 12.1 Å². The fourth-order valence-electron chi connectivity index (χ4n) is 2.02. The first-order chi connectivity index (χ1) is 8.72. The van der Waals surface area contributed by atoms with Gasteiger partial charge in [-0.25, -0.2) is 4.98 Å². The van der Waals surface area contributed by atoms with Crippen LogP contribution in [-0.4, -0.2) is 15.9 Å². The number of nitrogen functional groups attached to an aromatic ring is 1. The Balaban J connectivity index is 1.80. The first kappa shape index (κ1) is 10.6. The van der Waals surface area contributed by atoms with Crippen molar-refractivity contribution in [2.45, 2.75) is 13.0 Å². The maximum Gasteiger partial charge on any atom is 0.228 e. The van der Waals surface area contributed by atoms with Crippen molar-refractivity contribution in [1.82, 2.24) is 9.97 Å². The molecule has 6 heteroatoms. The zero-order valence-corrected chi connectivity index (χ0v) is 9.66. The number of hydrogen-bond donors (Lipinski definition) is 4. The van der Waals surface area contributed by atoms with E-state index in [9.17, 15) is 4.79 Å². The average molecular weight is 243 g/mol. The van der Waals surface area contributed by atoms with Crippen LogP contribution in [0.5, 0.6) is 0 Å². The fraction of sp³-hybridized carbons (Fsp3) is 0.167. The molecule has 0 bridgehead atoms. The van der Waals surface area contributed by atoms with Gasteiger partial charge >= 0.3 is 0 Å². The third kappa shape index (κ3) is 1.88. The summed E-state index contributed by atoms with van der Waals surface area (Å²) in [5.41, 5.74) is 9.16. The Morgan fingerprint density at radius 3 is 3.11 bits per heavy atom. The summed E-state index contributed by atoms with van der Waals surface area (Å²) in [7, 11) is 0. The highest BCUT2D eigenvalue weighted by molar-refractivity contribution is 6.00. The van der Waals surface area contributed by atoms with Crippen LogP contribution in [0, 0.1) is 0 Å². The number of amides is 1. The van der Waals surface area contributed by atoms with Gasteiger partial charge in [-0.1, -0.05) is 0 Å². The topological polar surface area (TPSA) is 95.8 Å². The number of anilines is 3. The number of fused-ring (bicyclic) bond motifs is 1. The molecule has 1 aromatic carbocycles. The van der Waals surface area contributed by atoms with Crippen LogP contribution in [-0.2, 0) is 17.8 Å². The molecule has 0 aliphatic carbocycles. The number of aromatic nitrogens is 2. The molecule has 18 heavy (non-hydrogen) atoms. The van der Waals surface area contributed by atoms with Gasteiger partial charge in [0, 0.05) is 18.1 Å². The summed E-state index contributed by atoms with van der Waals surface area (Å²) < 4.78 is 0. The van der Waals surface area contributed by atoms with Crippen LogP contribution < -0.4 is 16.4 Å². The standard InChI is InChI=1S/C12H13N5O/c13-8-3-7-4-12(18)17-9(7)5-10(8)16-6-11-14-1-2-15-11/h1-3,5,16H,4,6,13H2,(H,14,15)(H,17,18). The van der Waals surface area contributed by atoms with Crippen LogP contribution in [0.15, 0.2) is 24.5 Å². The summed E-state index contributed by atoms with van der Waals surface area (Å²) in [5.74, 6) is 0.839. The molecule has 1 aliphatic rings. The van der Waals surface area contributed by atoms with Gasteiger partial charge in [0.15, 0.2) is 0 Å². The molecule has 5 N–H and O–H groups in total. The monoisotopic (exact) mass is 243 g/mol. The summed E-state index contributed by atoms with van der Waals surface area (Å²) in [6.45, 7) is 0.559. The van der Waals surface area contributed by atoms with Gasteiger partial charge in [0.05, 0.1) is 24.3 Å². The zero-order valence-electron chi connectivity index (χ0n) is 9.66. The summed E-state index contributed by atoms with van der Waals surface area (Å²) >= 11 is 0. The van der Waals surface area contributed by atoms with Crippen LogP contribution in [0.4, 0.5) is 17.1 Å². The normalized spacial score (nSPS) is 13.2. The molecule has 0 fully saturated rings. The van der Waals surface area contributed by atoms with Crippen molar-refractivity contribution >= 4 is 23.0 Å². The number of imidazole rings is 1. The van der Waals surface area contributed by atoms with Crippen molar-refractivity contribution in [2.75, 3.05) is 16.4 Å². The molecule has 0 atom stereocenters. The Morgan fingerprint density at radius 2 is 2.33 bits per heavy atom. The molecule has 92 valence electrons. The zero-order chi connectivity index (χ0) is 12.5. The van der Waals surface area contributed by atoms with E-state index in [1.54, 1.807) is 12.4 Å². The molecule has 0 saturated heterocycles. The van der Waals surface area contributed by atoms with Crippen LogP contribution in [0.3, 0.4) is 0 Å². The quantitative estimate of drug-likeness (QED) is 0.607. The molecular weight excluding hydrogens is 230 g/mol. The maximum atomic E-state index is 11.3. The number of nitrogens with zero attached hydrogens (tertiary/aromatic N) is 1. The molecule has 0 saturated carbocycles. The molecule has 1 amide bonds. The highest BCUT2D eigenvalue weighted by Crippen LogP contribution is 2.31. The Labute approximate surface area is 104 Å². The van der Waals surface area contributed by atoms with E-state index in [-0.39, 0.29) is 5.91 Å². The molecule has 1 aromatic heterocycles. The Kier molecular flexibility index (Phi) is 2.40. The number of rotatable bonds is 3. The summed E-state index contributed by atoms with van der Waals surface area (Å²) in [6, 6.07) is 3.69. The molecule has 0 unspecified atom stereocenters. The minimum absolute atomic E-state index is 0.00702. The van der Waals surface area contributed by atoms with Crippen molar-refractivity contribution in [2.24, 2.45) is 0 Å². The summed E-state index contributed by atoms with van der Waals surface area (Å²) in [5, 5.41) is 5.99. The first-order valence-corrected chi connectivity index (χ1v) is 5.67. The van der Waals surface area contributed by atoms with Gasteiger partial charge in [0.2, 0.25) is 5.91 Å². The van der Waals surface area contributed by atoms with E-state index < -0.39 is 0 Å². The predicted molar refractivity (Wildman–Crippen MR) is 69.1 cm³/mol. The third-order valence-electron chi connectivity index (χ3n) is 2.90. The lowest BCUT2D eigenvalue weighted by molar-refractivity contribution is -0.115. The number of H-pyrrole nitrogens is 1. The molecule has 0 radical (unpaired) electrons. The number of hydrogen-bond acceptors (Lipinski definition) is 4. The summed E-state index contributed by atoms with van der Waals surface area (Å²) in [6.07, 6.45) is 3.87. The van der Waals surface area contributed by atoms with Gasteiger partial charge in [0.1, 0.15) is 5.82 Å². The number of nitrogens with one attached hydrogen (secondary N) is 3. The SMILES string of the molecule is Nc1cc2c(cc1NCc1ncc[nH]1)NC(=O)C2. The maximum absolute atomic E-state index is 11.3. The van der Waals surface area contributed by atoms with Crippen LogP contribution >= 0.6 is 0 Å². The molecular formula is C12H13N5O. The van der Waals surface area contributed by atoms with Crippen molar-refractivity contribution in [3.05, 3.63) is 35.9 Å². The van der Waals surface area contributed by atoms with E-state index in [2.05, 4.69) is 20.6 Å². The van der Waals surface area contributed by atoms with Gasteiger partial charge in [-0.3, -0.25) is 4.79 Å². The predicted octanol–water partition coefficient (Wildman–Crippen LogP) is 1.10. The average Bonchev–Trinajstić information content (AvgIpc) is 2.94. The Morgan fingerprint density at radius 1 is 1.44 bits per heavy atom. The molecule has 0 spiro atoms. The van der Waals surface area contributed by atoms with Crippen LogP contribution in [0.1, 0.15) is 11.4 Å². The van der Waals surface area contributed by atoms with Gasteiger partial charge < -0.3 is 21.4 Å². The smallest absolute Gasteiger partial charge is 0.228 e. The minimum atomic E-state index is 0.00702. The van der Waals surface area contributed by atoms with Crippen LogP contribution in [0.2, 0.25) is 0 Å². The minimum Gasteiger partial charge on any atom is -0.397 e. The van der Waals surface area contributed by atoms with Gasteiger partial charge in [-0.05, 0) is 17.7 Å². The second kappa shape index (κ2) is 4.06.